The molecule has 5 heteroatoms. The molecule has 0 saturated heterocycles. The van der Waals surface area contributed by atoms with Crippen LogP contribution in [0.25, 0.3) is 0 Å². The molecule has 1 N–H and O–H groups in total. The van der Waals surface area contributed by atoms with Crippen molar-refractivity contribution in [3.8, 4) is 0 Å². The van der Waals surface area contributed by atoms with E-state index >= 15 is 0 Å². The van der Waals surface area contributed by atoms with Gasteiger partial charge in [0.1, 0.15) is 12.3 Å². The summed E-state index contributed by atoms with van der Waals surface area (Å²) in [5.74, 6) is -0.220. The first-order valence-corrected chi connectivity index (χ1v) is 9.04. The Morgan fingerprint density at radius 2 is 1.92 bits per heavy atom. The Balaban J connectivity index is 1.82. The smallest absolute Gasteiger partial charge is 0.355 e. The highest BCUT2D eigenvalue weighted by Crippen LogP contribution is 2.35. The third-order valence-corrected chi connectivity index (χ3v) is 5.07. The molecule has 1 aliphatic carbocycles. The maximum absolute atomic E-state index is 12.7. The number of ketones is 1. The maximum Gasteiger partial charge on any atom is 0.355 e. The number of carbonyl (C=O) groups excluding carboxylic acids is 2. The summed E-state index contributed by atoms with van der Waals surface area (Å²) in [7, 11) is 1.55. The minimum atomic E-state index is -0.439. The van der Waals surface area contributed by atoms with Crippen LogP contribution in [0.5, 0.6) is 0 Å². The van der Waals surface area contributed by atoms with Crippen LogP contribution in [0.3, 0.4) is 0 Å². The highest BCUT2D eigenvalue weighted by molar-refractivity contribution is 6.03. The van der Waals surface area contributed by atoms with Gasteiger partial charge < -0.3 is 14.5 Å². The molecular formula is C21H25NO4. The Morgan fingerprint density at radius 1 is 1.19 bits per heavy atom. The predicted molar refractivity (Wildman–Crippen MR) is 98.9 cm³/mol. The minimum Gasteiger partial charge on any atom is -0.459 e. The number of rotatable bonds is 6. The van der Waals surface area contributed by atoms with E-state index in [1.165, 1.54) is 5.56 Å². The molecule has 1 aromatic heterocycles. The van der Waals surface area contributed by atoms with Crippen molar-refractivity contribution in [1.82, 2.24) is 4.98 Å². The van der Waals surface area contributed by atoms with E-state index in [9.17, 15) is 9.59 Å². The van der Waals surface area contributed by atoms with Crippen molar-refractivity contribution in [1.29, 1.82) is 0 Å². The van der Waals surface area contributed by atoms with Gasteiger partial charge in [0, 0.05) is 24.8 Å². The zero-order valence-electron chi connectivity index (χ0n) is 15.6. The average Bonchev–Trinajstić information content (AvgIpc) is 2.99. The fraction of sp³-hybridized carbons (Fsp3) is 0.429. The van der Waals surface area contributed by atoms with Gasteiger partial charge in [-0.1, -0.05) is 31.2 Å². The van der Waals surface area contributed by atoms with E-state index in [0.717, 1.165) is 24.1 Å². The third kappa shape index (κ3) is 3.58. The van der Waals surface area contributed by atoms with Crippen molar-refractivity contribution in [2.75, 3.05) is 20.3 Å². The summed E-state index contributed by atoms with van der Waals surface area (Å²) >= 11 is 0. The molecule has 1 heterocycles. The normalized spacial score (nSPS) is 16.4. The van der Waals surface area contributed by atoms with Gasteiger partial charge in [-0.3, -0.25) is 4.79 Å². The molecule has 0 bridgehead atoms. The number of nitrogens with one attached hydrogen (secondary N) is 1. The van der Waals surface area contributed by atoms with Crippen LogP contribution in [0, 0.1) is 6.92 Å². The number of carbonyl (C=O) groups is 2. The van der Waals surface area contributed by atoms with Crippen molar-refractivity contribution in [2.24, 2.45) is 0 Å². The first-order chi connectivity index (χ1) is 12.5. The summed E-state index contributed by atoms with van der Waals surface area (Å²) in [6.45, 7) is 4.47. The summed E-state index contributed by atoms with van der Waals surface area (Å²) in [5, 5.41) is 0. The van der Waals surface area contributed by atoms with Crippen molar-refractivity contribution in [3.05, 3.63) is 57.9 Å². The monoisotopic (exact) mass is 355 g/mol. The molecule has 1 aromatic carbocycles. The lowest BCUT2D eigenvalue weighted by Gasteiger charge is -2.22. The number of hydrogen-bond acceptors (Lipinski definition) is 4. The number of benzene rings is 1. The van der Waals surface area contributed by atoms with Gasteiger partial charge in [0.25, 0.3) is 0 Å². The Bertz CT molecular complexity index is 804. The van der Waals surface area contributed by atoms with Gasteiger partial charge in [-0.15, -0.1) is 0 Å². The van der Waals surface area contributed by atoms with Crippen molar-refractivity contribution < 1.29 is 19.1 Å². The molecule has 1 aliphatic rings. The fourth-order valence-corrected chi connectivity index (χ4v) is 3.59. The second-order valence-corrected chi connectivity index (χ2v) is 6.73. The van der Waals surface area contributed by atoms with Gasteiger partial charge >= 0.3 is 5.97 Å². The van der Waals surface area contributed by atoms with Crippen LogP contribution in [0.2, 0.25) is 0 Å². The number of aromatic amines is 1. The zero-order chi connectivity index (χ0) is 18.7. The van der Waals surface area contributed by atoms with Crippen LogP contribution in [-0.4, -0.2) is 37.1 Å². The number of Topliss-reactive ketones (excluding diaryl/α,β-unsaturated/α-hetero) is 1. The lowest BCUT2D eigenvalue weighted by atomic mass is 9.81. The van der Waals surface area contributed by atoms with Crippen LogP contribution >= 0.6 is 0 Å². The Morgan fingerprint density at radius 3 is 2.58 bits per heavy atom. The molecule has 0 aliphatic heterocycles. The fourth-order valence-electron chi connectivity index (χ4n) is 3.59. The molecule has 0 amide bonds. The van der Waals surface area contributed by atoms with Gasteiger partial charge in [0.2, 0.25) is 0 Å². The van der Waals surface area contributed by atoms with E-state index in [-0.39, 0.29) is 18.3 Å². The number of fused-ring (bicyclic) bond motifs is 1. The molecule has 1 atom stereocenters. The lowest BCUT2D eigenvalue weighted by Crippen LogP contribution is -2.18. The average molecular weight is 355 g/mol. The first kappa shape index (κ1) is 18.4. The van der Waals surface area contributed by atoms with Crippen molar-refractivity contribution in [2.45, 2.75) is 39.0 Å². The molecule has 0 fully saturated rings. The van der Waals surface area contributed by atoms with Crippen LogP contribution in [0.1, 0.15) is 62.5 Å². The Kier molecular flexibility index (Phi) is 5.57. The topological polar surface area (TPSA) is 68.4 Å². The largest absolute Gasteiger partial charge is 0.459 e. The summed E-state index contributed by atoms with van der Waals surface area (Å²) in [4.78, 5) is 28.1. The number of aromatic nitrogens is 1. The minimum absolute atomic E-state index is 0.0838. The predicted octanol–water partition coefficient (Wildman–Crippen LogP) is 3.60. The first-order valence-electron chi connectivity index (χ1n) is 9.04. The second-order valence-electron chi connectivity index (χ2n) is 6.73. The summed E-state index contributed by atoms with van der Waals surface area (Å²) < 4.78 is 10.1. The second kappa shape index (κ2) is 7.87. The zero-order valence-corrected chi connectivity index (χ0v) is 15.6. The molecular weight excluding hydrogens is 330 g/mol. The van der Waals surface area contributed by atoms with Gasteiger partial charge in [0.05, 0.1) is 6.61 Å². The van der Waals surface area contributed by atoms with E-state index in [1.54, 1.807) is 14.0 Å². The number of ether oxygens (including phenoxy) is 2. The van der Waals surface area contributed by atoms with Gasteiger partial charge in [-0.2, -0.15) is 0 Å². The quantitative estimate of drug-likeness (QED) is 0.635. The lowest BCUT2D eigenvalue weighted by molar-refractivity contribution is 0.0381. The maximum atomic E-state index is 12.7. The molecule has 26 heavy (non-hydrogen) atoms. The molecule has 1 unspecified atom stereocenters. The van der Waals surface area contributed by atoms with E-state index in [1.807, 2.05) is 0 Å². The van der Waals surface area contributed by atoms with Crippen molar-refractivity contribution in [3.63, 3.8) is 0 Å². The Labute approximate surface area is 153 Å². The van der Waals surface area contributed by atoms with Gasteiger partial charge in [-0.25, -0.2) is 4.79 Å². The summed E-state index contributed by atoms with van der Waals surface area (Å²) in [6, 6.07) is 8.46. The molecule has 0 radical (unpaired) electrons. The highest BCUT2D eigenvalue weighted by Gasteiger charge is 2.32. The molecule has 2 aromatic rings. The highest BCUT2D eigenvalue weighted by atomic mass is 16.6. The van der Waals surface area contributed by atoms with Gasteiger partial charge in [0.15, 0.2) is 5.78 Å². The van der Waals surface area contributed by atoms with Crippen LogP contribution in [0.4, 0.5) is 0 Å². The molecule has 138 valence electrons. The van der Waals surface area contributed by atoms with Gasteiger partial charge in [-0.05, 0) is 42.4 Å². The standard InChI is InChI=1S/C21H25NO4/c1-4-14-5-7-15(8-6-14)16-11-17-19(18(23)12-16)13(2)20(22-17)21(24)26-10-9-25-3/h5-8,16,22H,4,9-12H2,1-3H3. The van der Waals surface area contributed by atoms with Crippen molar-refractivity contribution >= 4 is 11.8 Å². The van der Waals surface area contributed by atoms with Crippen LogP contribution in [-0.2, 0) is 22.3 Å². The van der Waals surface area contributed by atoms with E-state index in [4.69, 9.17) is 9.47 Å². The molecule has 0 spiro atoms. The molecule has 0 saturated carbocycles. The Hall–Kier alpha value is -2.40. The summed E-state index contributed by atoms with van der Waals surface area (Å²) in [6.07, 6.45) is 2.19. The molecule has 3 rings (SSSR count). The van der Waals surface area contributed by atoms with E-state index < -0.39 is 5.97 Å². The number of methoxy groups -OCH3 is 1. The van der Waals surface area contributed by atoms with Crippen LogP contribution in [0.15, 0.2) is 24.3 Å². The number of H-pyrrole nitrogens is 1. The third-order valence-electron chi connectivity index (χ3n) is 5.07. The van der Waals surface area contributed by atoms with E-state index in [2.05, 4.69) is 36.2 Å². The summed E-state index contributed by atoms with van der Waals surface area (Å²) in [5.41, 5.74) is 5.01. The SMILES string of the molecule is CCc1ccc(C2CC(=O)c3c([nH]c(C(=O)OCCOC)c3C)C2)cc1. The number of hydrogen-bond donors (Lipinski definition) is 1. The molecule has 5 nitrogen and oxygen atoms in total. The number of aryl methyl sites for hydroxylation is 1. The van der Waals surface area contributed by atoms with Crippen LogP contribution < -0.4 is 0 Å². The number of esters is 1. The van der Waals surface area contributed by atoms with E-state index in [0.29, 0.717) is 29.8 Å².